The summed E-state index contributed by atoms with van der Waals surface area (Å²) < 4.78 is 4.72. The molecule has 3 rings (SSSR count). The fourth-order valence-electron chi connectivity index (χ4n) is 2.79. The van der Waals surface area contributed by atoms with E-state index in [1.165, 1.54) is 7.11 Å². The molecule has 8 heteroatoms. The lowest BCUT2D eigenvalue weighted by Gasteiger charge is -2.33. The third-order valence-electron chi connectivity index (χ3n) is 4.20. The Morgan fingerprint density at radius 2 is 2.08 bits per heavy atom. The molecule has 2 amide bonds. The summed E-state index contributed by atoms with van der Waals surface area (Å²) >= 11 is 0. The molecular weight excluding hydrogens is 310 g/mol. The molecule has 2 N–H and O–H groups in total. The van der Waals surface area contributed by atoms with E-state index in [9.17, 15) is 9.59 Å². The first kappa shape index (κ1) is 16.3. The highest BCUT2D eigenvalue weighted by molar-refractivity contribution is 5.97. The third-order valence-corrected chi connectivity index (χ3v) is 4.20. The summed E-state index contributed by atoms with van der Waals surface area (Å²) in [6.45, 7) is 4.19. The maximum absolute atomic E-state index is 12.2. The standard InChI is InChI=1S/C16H21N5O3/c1-24-16(23)21-8-6-20(7-9-21)5-4-17-15(22)12-2-3-13-14(10-12)19-11-18-13/h2-3,10-11H,4-9H2,1H3,(H,17,22)(H,18,19). The van der Waals surface area contributed by atoms with Crippen molar-refractivity contribution in [2.45, 2.75) is 0 Å². The smallest absolute Gasteiger partial charge is 0.409 e. The first-order chi connectivity index (χ1) is 11.7. The van der Waals surface area contributed by atoms with Gasteiger partial charge in [0.1, 0.15) is 0 Å². The molecule has 128 valence electrons. The zero-order valence-electron chi connectivity index (χ0n) is 13.6. The summed E-state index contributed by atoms with van der Waals surface area (Å²) in [6, 6.07) is 5.40. The lowest BCUT2D eigenvalue weighted by atomic mass is 10.2. The molecule has 0 bridgehead atoms. The van der Waals surface area contributed by atoms with Crippen LogP contribution < -0.4 is 5.32 Å². The first-order valence-electron chi connectivity index (χ1n) is 7.94. The van der Waals surface area contributed by atoms with Gasteiger partial charge in [0.15, 0.2) is 0 Å². The Bertz CT molecular complexity index is 721. The van der Waals surface area contributed by atoms with E-state index < -0.39 is 0 Å². The van der Waals surface area contributed by atoms with Gasteiger partial charge in [-0.3, -0.25) is 9.69 Å². The molecule has 2 aromatic rings. The number of carbonyl (C=O) groups excluding carboxylic acids is 2. The van der Waals surface area contributed by atoms with Crippen LogP contribution in [0.15, 0.2) is 24.5 Å². The van der Waals surface area contributed by atoms with E-state index >= 15 is 0 Å². The minimum atomic E-state index is -0.280. The summed E-state index contributed by atoms with van der Waals surface area (Å²) in [7, 11) is 1.39. The number of H-pyrrole nitrogens is 1. The molecule has 24 heavy (non-hydrogen) atoms. The Balaban J connectivity index is 1.43. The summed E-state index contributed by atoms with van der Waals surface area (Å²) in [5, 5.41) is 2.93. The Morgan fingerprint density at radius 1 is 1.29 bits per heavy atom. The number of methoxy groups -OCH3 is 1. The lowest BCUT2D eigenvalue weighted by Crippen LogP contribution is -2.50. The van der Waals surface area contributed by atoms with Crippen LogP contribution in [0.4, 0.5) is 4.79 Å². The van der Waals surface area contributed by atoms with Crippen LogP contribution in [0.25, 0.3) is 11.0 Å². The molecule has 1 aliphatic heterocycles. The van der Waals surface area contributed by atoms with Crippen LogP contribution in [-0.2, 0) is 4.74 Å². The zero-order valence-corrected chi connectivity index (χ0v) is 13.6. The highest BCUT2D eigenvalue weighted by atomic mass is 16.5. The molecule has 0 unspecified atom stereocenters. The monoisotopic (exact) mass is 331 g/mol. The highest BCUT2D eigenvalue weighted by Gasteiger charge is 2.21. The van der Waals surface area contributed by atoms with Crippen LogP contribution in [0.1, 0.15) is 10.4 Å². The van der Waals surface area contributed by atoms with Crippen LogP contribution in [0.5, 0.6) is 0 Å². The zero-order chi connectivity index (χ0) is 16.9. The minimum absolute atomic E-state index is 0.0975. The molecule has 0 atom stereocenters. The maximum atomic E-state index is 12.2. The fourth-order valence-corrected chi connectivity index (χ4v) is 2.79. The number of aromatic amines is 1. The van der Waals surface area contributed by atoms with Crippen molar-refractivity contribution in [1.82, 2.24) is 25.1 Å². The van der Waals surface area contributed by atoms with Gasteiger partial charge in [-0.2, -0.15) is 0 Å². The number of carbonyl (C=O) groups is 2. The number of nitrogens with zero attached hydrogens (tertiary/aromatic N) is 3. The van der Waals surface area contributed by atoms with Crippen LogP contribution in [0, 0.1) is 0 Å². The van der Waals surface area contributed by atoms with Gasteiger partial charge < -0.3 is 19.9 Å². The number of imidazole rings is 1. The van der Waals surface area contributed by atoms with Crippen LogP contribution in [-0.4, -0.2) is 78.1 Å². The number of hydrogen-bond donors (Lipinski definition) is 2. The molecule has 8 nitrogen and oxygen atoms in total. The van der Waals surface area contributed by atoms with Gasteiger partial charge in [0.05, 0.1) is 24.5 Å². The molecule has 0 aliphatic carbocycles. The number of benzene rings is 1. The van der Waals surface area contributed by atoms with Crippen molar-refractivity contribution in [3.05, 3.63) is 30.1 Å². The van der Waals surface area contributed by atoms with Crippen molar-refractivity contribution in [2.75, 3.05) is 46.4 Å². The average Bonchev–Trinajstić information content (AvgIpc) is 3.09. The van der Waals surface area contributed by atoms with Crippen molar-refractivity contribution in [3.63, 3.8) is 0 Å². The number of ether oxygens (including phenoxy) is 1. The number of rotatable bonds is 4. The van der Waals surface area contributed by atoms with Crippen molar-refractivity contribution in [1.29, 1.82) is 0 Å². The van der Waals surface area contributed by atoms with Gasteiger partial charge in [0, 0.05) is 44.8 Å². The molecule has 0 spiro atoms. The van der Waals surface area contributed by atoms with Crippen molar-refractivity contribution >= 4 is 23.0 Å². The van der Waals surface area contributed by atoms with Gasteiger partial charge in [-0.15, -0.1) is 0 Å². The molecule has 1 fully saturated rings. The SMILES string of the molecule is COC(=O)N1CCN(CCNC(=O)c2ccc3nc[nH]c3c2)CC1. The van der Waals surface area contributed by atoms with Crippen LogP contribution >= 0.6 is 0 Å². The number of hydrogen-bond acceptors (Lipinski definition) is 5. The van der Waals surface area contributed by atoms with E-state index in [1.807, 2.05) is 6.07 Å². The maximum Gasteiger partial charge on any atom is 0.409 e. The van der Waals surface area contributed by atoms with Gasteiger partial charge in [-0.25, -0.2) is 9.78 Å². The summed E-state index contributed by atoms with van der Waals surface area (Å²) in [4.78, 5) is 34.7. The van der Waals surface area contributed by atoms with Crippen LogP contribution in [0.2, 0.25) is 0 Å². The van der Waals surface area contributed by atoms with Gasteiger partial charge in [0.25, 0.3) is 5.91 Å². The van der Waals surface area contributed by atoms with Gasteiger partial charge >= 0.3 is 6.09 Å². The van der Waals surface area contributed by atoms with Crippen molar-refractivity contribution in [3.8, 4) is 0 Å². The second kappa shape index (κ2) is 7.31. The summed E-state index contributed by atoms with van der Waals surface area (Å²) in [6.07, 6.45) is 1.33. The van der Waals surface area contributed by atoms with Gasteiger partial charge in [0.2, 0.25) is 0 Å². The number of piperazine rings is 1. The quantitative estimate of drug-likeness (QED) is 0.860. The average molecular weight is 331 g/mol. The van der Waals surface area contributed by atoms with Crippen molar-refractivity contribution in [2.24, 2.45) is 0 Å². The molecule has 1 aromatic carbocycles. The van der Waals surface area contributed by atoms with E-state index in [4.69, 9.17) is 4.74 Å². The predicted molar refractivity (Wildman–Crippen MR) is 88.8 cm³/mol. The topological polar surface area (TPSA) is 90.6 Å². The molecular formula is C16H21N5O3. The molecule has 0 saturated carbocycles. The second-order valence-electron chi connectivity index (χ2n) is 5.69. The van der Waals surface area contributed by atoms with Gasteiger partial charge in [-0.1, -0.05) is 0 Å². The Hall–Kier alpha value is -2.61. The number of amides is 2. The van der Waals surface area contributed by atoms with E-state index in [2.05, 4.69) is 20.2 Å². The molecule has 1 aliphatic rings. The number of fused-ring (bicyclic) bond motifs is 1. The normalized spacial score (nSPS) is 15.5. The Morgan fingerprint density at radius 3 is 2.83 bits per heavy atom. The van der Waals surface area contributed by atoms with E-state index in [0.717, 1.165) is 30.7 Å². The lowest BCUT2D eigenvalue weighted by molar-refractivity contribution is 0.0885. The summed E-state index contributed by atoms with van der Waals surface area (Å²) in [5.74, 6) is -0.0975. The van der Waals surface area contributed by atoms with E-state index in [-0.39, 0.29) is 12.0 Å². The number of nitrogens with one attached hydrogen (secondary N) is 2. The van der Waals surface area contributed by atoms with Crippen molar-refractivity contribution < 1.29 is 14.3 Å². The largest absolute Gasteiger partial charge is 0.453 e. The van der Waals surface area contributed by atoms with Crippen LogP contribution in [0.3, 0.4) is 0 Å². The van der Waals surface area contributed by atoms with E-state index in [0.29, 0.717) is 25.2 Å². The second-order valence-corrected chi connectivity index (χ2v) is 5.69. The Labute approximate surface area is 139 Å². The molecule has 1 saturated heterocycles. The summed E-state index contributed by atoms with van der Waals surface area (Å²) in [5.41, 5.74) is 2.30. The number of aromatic nitrogens is 2. The third kappa shape index (κ3) is 3.65. The molecule has 1 aromatic heterocycles. The van der Waals surface area contributed by atoms with E-state index in [1.54, 1.807) is 23.4 Å². The highest BCUT2D eigenvalue weighted by Crippen LogP contribution is 2.11. The molecule has 0 radical (unpaired) electrons. The fraction of sp³-hybridized carbons (Fsp3) is 0.438. The Kier molecular flexibility index (Phi) is 4.95. The molecule has 2 heterocycles. The first-order valence-corrected chi connectivity index (χ1v) is 7.94. The predicted octanol–water partition coefficient (Wildman–Crippen LogP) is 0.677. The minimum Gasteiger partial charge on any atom is -0.453 e. The van der Waals surface area contributed by atoms with Gasteiger partial charge in [-0.05, 0) is 18.2 Å².